The Balaban J connectivity index is 2.10. The number of hydrogen-bond acceptors (Lipinski definition) is 1. The van der Waals surface area contributed by atoms with Gasteiger partial charge in [-0.15, -0.1) is 0 Å². The maximum atomic E-state index is 12.7. The fourth-order valence-corrected chi connectivity index (χ4v) is 2.15. The number of rotatable bonds is 4. The molecule has 1 amide bonds. The molecule has 0 unspecified atom stereocenters. The Morgan fingerprint density at radius 2 is 1.87 bits per heavy atom. The Bertz CT molecular complexity index is 699. The Hall–Kier alpha value is -2.08. The Kier molecular flexibility index (Phi) is 5.26. The summed E-state index contributed by atoms with van der Waals surface area (Å²) in [7, 11) is 0. The fraction of sp³-hybridized carbons (Fsp3) is 0.250. The zero-order valence-electron chi connectivity index (χ0n) is 12.3. The third kappa shape index (κ3) is 4.69. The molecule has 0 atom stereocenters. The Morgan fingerprint density at radius 1 is 1.22 bits per heavy atom. The fourth-order valence-electron chi connectivity index (χ4n) is 1.98. The van der Waals surface area contributed by atoms with Crippen LogP contribution < -0.4 is 9.88 Å². The van der Waals surface area contributed by atoms with Crippen LogP contribution >= 0.6 is 11.6 Å². The molecular formula is C16H15ClF3N2O+. The van der Waals surface area contributed by atoms with Crippen LogP contribution in [0.5, 0.6) is 0 Å². The molecule has 1 aromatic heterocycles. The normalized spacial score (nSPS) is 11.3. The van der Waals surface area contributed by atoms with E-state index in [-0.39, 0.29) is 17.3 Å². The molecule has 0 bridgehead atoms. The standard InChI is InChI=1S/C16H14ClF3N2O/c1-2-11-5-7-22(8-6-11)10-15(23)21-14-9-12(16(18,19)20)3-4-13(14)17/h3-9H,2,10H2,1H3/p+1. The van der Waals surface area contributed by atoms with Crippen LogP contribution in [0.1, 0.15) is 18.1 Å². The number of hydrogen-bond donors (Lipinski definition) is 1. The minimum absolute atomic E-state index is 0.0173. The second-order valence-corrected chi connectivity index (χ2v) is 5.38. The average Bonchev–Trinajstić information content (AvgIpc) is 2.49. The predicted octanol–water partition coefficient (Wildman–Crippen LogP) is 3.85. The number of aromatic nitrogens is 1. The maximum absolute atomic E-state index is 12.7. The number of pyridine rings is 1. The van der Waals surface area contributed by atoms with E-state index < -0.39 is 17.6 Å². The van der Waals surface area contributed by atoms with Crippen LogP contribution in [0.3, 0.4) is 0 Å². The Morgan fingerprint density at radius 3 is 2.43 bits per heavy atom. The number of amides is 1. The predicted molar refractivity (Wildman–Crippen MR) is 81.1 cm³/mol. The lowest BCUT2D eigenvalue weighted by Gasteiger charge is -2.11. The van der Waals surface area contributed by atoms with E-state index in [9.17, 15) is 18.0 Å². The highest BCUT2D eigenvalue weighted by atomic mass is 35.5. The summed E-state index contributed by atoms with van der Waals surface area (Å²) in [6.45, 7) is 2.00. The largest absolute Gasteiger partial charge is 0.416 e. The van der Waals surface area contributed by atoms with E-state index in [1.807, 2.05) is 19.1 Å². The molecule has 1 heterocycles. The summed E-state index contributed by atoms with van der Waals surface area (Å²) in [5.41, 5.74) is 0.206. The van der Waals surface area contributed by atoms with Gasteiger partial charge in [0.2, 0.25) is 6.54 Å². The van der Waals surface area contributed by atoms with Crippen molar-refractivity contribution in [3.05, 3.63) is 58.9 Å². The molecule has 1 aromatic carbocycles. The molecule has 0 aliphatic rings. The van der Waals surface area contributed by atoms with Gasteiger partial charge in [-0.25, -0.2) is 0 Å². The van der Waals surface area contributed by atoms with Crippen LogP contribution in [-0.4, -0.2) is 5.91 Å². The number of anilines is 1. The number of nitrogens with zero attached hydrogens (tertiary/aromatic N) is 1. The van der Waals surface area contributed by atoms with Gasteiger partial charge in [-0.3, -0.25) is 4.79 Å². The van der Waals surface area contributed by atoms with Crippen LogP contribution in [-0.2, 0) is 23.9 Å². The van der Waals surface area contributed by atoms with Gasteiger partial charge in [-0.1, -0.05) is 18.5 Å². The molecule has 0 fully saturated rings. The summed E-state index contributed by atoms with van der Waals surface area (Å²) >= 11 is 5.84. The summed E-state index contributed by atoms with van der Waals surface area (Å²) in [4.78, 5) is 12.0. The number of alkyl halides is 3. The van der Waals surface area contributed by atoms with Crippen molar-refractivity contribution < 1.29 is 22.5 Å². The molecule has 7 heteroatoms. The second-order valence-electron chi connectivity index (χ2n) is 4.97. The van der Waals surface area contributed by atoms with E-state index in [2.05, 4.69) is 5.32 Å². The smallest absolute Gasteiger partial charge is 0.319 e. The van der Waals surface area contributed by atoms with Gasteiger partial charge in [-0.2, -0.15) is 17.7 Å². The molecule has 122 valence electrons. The molecule has 0 radical (unpaired) electrons. The van der Waals surface area contributed by atoms with Crippen LogP contribution in [0.25, 0.3) is 0 Å². The maximum Gasteiger partial charge on any atom is 0.416 e. The monoisotopic (exact) mass is 343 g/mol. The third-order valence-corrected chi connectivity index (χ3v) is 3.59. The number of carbonyl (C=O) groups is 1. The first-order chi connectivity index (χ1) is 10.8. The third-order valence-electron chi connectivity index (χ3n) is 3.26. The zero-order chi connectivity index (χ0) is 17.0. The van der Waals surface area contributed by atoms with Crippen molar-refractivity contribution in [2.24, 2.45) is 0 Å². The van der Waals surface area contributed by atoms with Gasteiger partial charge in [0.15, 0.2) is 12.4 Å². The van der Waals surface area contributed by atoms with E-state index in [4.69, 9.17) is 11.6 Å². The molecule has 0 aliphatic carbocycles. The first-order valence-corrected chi connectivity index (χ1v) is 7.32. The number of halogens is 4. The molecule has 2 rings (SSSR count). The first-order valence-electron chi connectivity index (χ1n) is 6.94. The van der Waals surface area contributed by atoms with Gasteiger partial charge in [0.1, 0.15) is 0 Å². The lowest BCUT2D eigenvalue weighted by molar-refractivity contribution is -0.684. The van der Waals surface area contributed by atoms with Crippen LogP contribution in [0, 0.1) is 0 Å². The second kappa shape index (κ2) is 7.00. The van der Waals surface area contributed by atoms with Gasteiger partial charge in [-0.05, 0) is 30.2 Å². The SMILES string of the molecule is CCc1cc[n+](CC(=O)Nc2cc(C(F)(F)F)ccc2Cl)cc1. The molecule has 0 aliphatic heterocycles. The van der Waals surface area contributed by atoms with Crippen LogP contribution in [0.4, 0.5) is 18.9 Å². The summed E-state index contributed by atoms with van der Waals surface area (Å²) in [6, 6.07) is 6.57. The van der Waals surface area contributed by atoms with E-state index >= 15 is 0 Å². The lowest BCUT2D eigenvalue weighted by atomic mass is 10.2. The first kappa shape index (κ1) is 17.3. The van der Waals surface area contributed by atoms with Crippen LogP contribution in [0.15, 0.2) is 42.7 Å². The molecule has 23 heavy (non-hydrogen) atoms. The summed E-state index contributed by atoms with van der Waals surface area (Å²) < 4.78 is 39.7. The summed E-state index contributed by atoms with van der Waals surface area (Å²) in [6.07, 6.45) is -0.125. The summed E-state index contributed by atoms with van der Waals surface area (Å²) in [5.74, 6) is -0.458. The van der Waals surface area contributed by atoms with Crippen LogP contribution in [0.2, 0.25) is 5.02 Å². The molecule has 2 aromatic rings. The van der Waals surface area contributed by atoms with Crippen molar-refractivity contribution in [3.63, 3.8) is 0 Å². The van der Waals surface area contributed by atoms with E-state index in [0.29, 0.717) is 0 Å². The van der Waals surface area contributed by atoms with Gasteiger partial charge < -0.3 is 5.32 Å². The lowest BCUT2D eigenvalue weighted by Crippen LogP contribution is -2.39. The van der Waals surface area contributed by atoms with E-state index in [0.717, 1.165) is 30.2 Å². The minimum Gasteiger partial charge on any atom is -0.319 e. The molecule has 0 saturated heterocycles. The van der Waals surface area contributed by atoms with Crippen molar-refractivity contribution in [3.8, 4) is 0 Å². The van der Waals surface area contributed by atoms with Gasteiger partial charge in [0.05, 0.1) is 16.3 Å². The quantitative estimate of drug-likeness (QED) is 0.840. The molecule has 0 spiro atoms. The highest BCUT2D eigenvalue weighted by Gasteiger charge is 2.31. The van der Waals surface area contributed by atoms with Crippen molar-refractivity contribution >= 4 is 23.2 Å². The van der Waals surface area contributed by atoms with Gasteiger partial charge in [0.25, 0.3) is 5.91 Å². The van der Waals surface area contributed by atoms with Crippen molar-refractivity contribution in [1.29, 1.82) is 0 Å². The van der Waals surface area contributed by atoms with E-state index in [1.165, 1.54) is 0 Å². The van der Waals surface area contributed by atoms with Crippen molar-refractivity contribution in [2.75, 3.05) is 5.32 Å². The number of benzene rings is 1. The number of nitrogens with one attached hydrogen (secondary N) is 1. The highest BCUT2D eigenvalue weighted by molar-refractivity contribution is 6.33. The Labute approximate surface area is 136 Å². The molecule has 3 nitrogen and oxygen atoms in total. The average molecular weight is 344 g/mol. The van der Waals surface area contributed by atoms with Crippen molar-refractivity contribution in [2.45, 2.75) is 26.1 Å². The molecule has 0 saturated carbocycles. The number of aryl methyl sites for hydroxylation is 1. The topological polar surface area (TPSA) is 33.0 Å². The summed E-state index contributed by atoms with van der Waals surface area (Å²) in [5, 5.41) is 2.46. The zero-order valence-corrected chi connectivity index (χ0v) is 13.1. The highest BCUT2D eigenvalue weighted by Crippen LogP contribution is 2.33. The van der Waals surface area contributed by atoms with Crippen molar-refractivity contribution in [1.82, 2.24) is 0 Å². The minimum atomic E-state index is -4.49. The molecule has 1 N–H and O–H groups in total. The number of carbonyl (C=O) groups excluding carboxylic acids is 1. The molecular weight excluding hydrogens is 329 g/mol. The van der Waals surface area contributed by atoms with E-state index in [1.54, 1.807) is 17.0 Å². The van der Waals surface area contributed by atoms with Gasteiger partial charge in [0, 0.05) is 12.1 Å². The van der Waals surface area contributed by atoms with Gasteiger partial charge >= 0.3 is 6.18 Å².